The van der Waals surface area contributed by atoms with E-state index in [0.29, 0.717) is 11.8 Å². The SMILES string of the molecule is CCCC1CC1(O)C1CCOC1. The zero-order valence-electron chi connectivity index (χ0n) is 7.75. The highest BCUT2D eigenvalue weighted by Gasteiger charge is 2.57. The van der Waals surface area contributed by atoms with Gasteiger partial charge < -0.3 is 9.84 Å². The highest BCUT2D eigenvalue weighted by Crippen LogP contribution is 2.53. The van der Waals surface area contributed by atoms with Crippen molar-refractivity contribution >= 4 is 0 Å². The van der Waals surface area contributed by atoms with Crippen molar-refractivity contribution < 1.29 is 9.84 Å². The number of ether oxygens (including phenoxy) is 1. The standard InChI is InChI=1S/C10H18O2/c1-2-3-8-6-10(8,11)9-4-5-12-7-9/h8-9,11H,2-7H2,1H3. The molecule has 1 aliphatic carbocycles. The van der Waals surface area contributed by atoms with Gasteiger partial charge in [-0.15, -0.1) is 0 Å². The van der Waals surface area contributed by atoms with Crippen molar-refractivity contribution in [1.29, 1.82) is 0 Å². The van der Waals surface area contributed by atoms with Crippen molar-refractivity contribution in [2.45, 2.75) is 38.2 Å². The Morgan fingerprint density at radius 1 is 1.58 bits per heavy atom. The lowest BCUT2D eigenvalue weighted by atomic mass is 9.96. The second kappa shape index (κ2) is 3.00. The Labute approximate surface area is 73.9 Å². The Morgan fingerprint density at radius 3 is 3.00 bits per heavy atom. The third-order valence-corrected chi connectivity index (χ3v) is 3.39. The van der Waals surface area contributed by atoms with Crippen LogP contribution in [0.2, 0.25) is 0 Å². The average Bonchev–Trinajstić information content (AvgIpc) is 2.57. The summed E-state index contributed by atoms with van der Waals surface area (Å²) in [5.74, 6) is 1.02. The summed E-state index contributed by atoms with van der Waals surface area (Å²) in [6.07, 6.45) is 4.47. The van der Waals surface area contributed by atoms with E-state index in [9.17, 15) is 5.11 Å². The van der Waals surface area contributed by atoms with E-state index in [1.807, 2.05) is 0 Å². The molecule has 3 unspecified atom stereocenters. The van der Waals surface area contributed by atoms with Gasteiger partial charge in [0.2, 0.25) is 0 Å². The lowest BCUT2D eigenvalue weighted by Gasteiger charge is -2.16. The minimum absolute atomic E-state index is 0.327. The molecule has 1 N–H and O–H groups in total. The second-order valence-electron chi connectivity index (χ2n) is 4.24. The van der Waals surface area contributed by atoms with Crippen LogP contribution in [0.15, 0.2) is 0 Å². The first-order chi connectivity index (χ1) is 5.77. The second-order valence-corrected chi connectivity index (χ2v) is 4.24. The van der Waals surface area contributed by atoms with Crippen LogP contribution in [0.1, 0.15) is 32.6 Å². The molecule has 1 saturated heterocycles. The first kappa shape index (κ1) is 8.52. The van der Waals surface area contributed by atoms with E-state index in [0.717, 1.165) is 26.1 Å². The third-order valence-electron chi connectivity index (χ3n) is 3.39. The Morgan fingerprint density at radius 2 is 2.42 bits per heavy atom. The first-order valence-electron chi connectivity index (χ1n) is 5.07. The molecule has 0 amide bonds. The third kappa shape index (κ3) is 1.27. The van der Waals surface area contributed by atoms with Crippen LogP contribution >= 0.6 is 0 Å². The van der Waals surface area contributed by atoms with Gasteiger partial charge in [-0.2, -0.15) is 0 Å². The van der Waals surface area contributed by atoms with Crippen LogP contribution in [0.25, 0.3) is 0 Å². The number of hydrogen-bond acceptors (Lipinski definition) is 2. The van der Waals surface area contributed by atoms with Gasteiger partial charge in [-0.05, 0) is 25.2 Å². The minimum Gasteiger partial charge on any atom is -0.389 e. The smallest absolute Gasteiger partial charge is 0.0731 e. The maximum absolute atomic E-state index is 10.1. The maximum Gasteiger partial charge on any atom is 0.0731 e. The van der Waals surface area contributed by atoms with Gasteiger partial charge in [-0.25, -0.2) is 0 Å². The van der Waals surface area contributed by atoms with Gasteiger partial charge in [0.1, 0.15) is 0 Å². The van der Waals surface area contributed by atoms with Crippen LogP contribution in [-0.2, 0) is 4.74 Å². The van der Waals surface area contributed by atoms with E-state index in [2.05, 4.69) is 6.92 Å². The summed E-state index contributed by atoms with van der Waals surface area (Å²) >= 11 is 0. The van der Waals surface area contributed by atoms with Crippen molar-refractivity contribution in [2.75, 3.05) is 13.2 Å². The van der Waals surface area contributed by atoms with Crippen molar-refractivity contribution in [1.82, 2.24) is 0 Å². The van der Waals surface area contributed by atoms with Crippen LogP contribution in [0.5, 0.6) is 0 Å². The summed E-state index contributed by atoms with van der Waals surface area (Å²) in [6.45, 7) is 3.83. The summed E-state index contributed by atoms with van der Waals surface area (Å²) in [7, 11) is 0. The van der Waals surface area contributed by atoms with E-state index in [1.54, 1.807) is 0 Å². The molecular formula is C10H18O2. The Bertz CT molecular complexity index is 163. The normalized spacial score (nSPS) is 46.5. The molecule has 12 heavy (non-hydrogen) atoms. The van der Waals surface area contributed by atoms with Gasteiger partial charge in [-0.1, -0.05) is 13.3 Å². The molecule has 3 atom stereocenters. The van der Waals surface area contributed by atoms with Crippen LogP contribution in [0.4, 0.5) is 0 Å². The predicted molar refractivity (Wildman–Crippen MR) is 46.9 cm³/mol. The van der Waals surface area contributed by atoms with Crippen LogP contribution in [-0.4, -0.2) is 23.9 Å². The van der Waals surface area contributed by atoms with Crippen LogP contribution < -0.4 is 0 Å². The Kier molecular flexibility index (Phi) is 2.13. The quantitative estimate of drug-likeness (QED) is 0.696. The summed E-state index contributed by atoms with van der Waals surface area (Å²) in [5, 5.41) is 10.1. The number of aliphatic hydroxyl groups is 1. The minimum atomic E-state index is -0.327. The fourth-order valence-electron chi connectivity index (χ4n) is 2.47. The molecule has 70 valence electrons. The predicted octanol–water partition coefficient (Wildman–Crippen LogP) is 1.57. The lowest BCUT2D eigenvalue weighted by Crippen LogP contribution is -2.24. The van der Waals surface area contributed by atoms with Gasteiger partial charge in [0.05, 0.1) is 12.2 Å². The molecule has 0 radical (unpaired) electrons. The van der Waals surface area contributed by atoms with Gasteiger partial charge >= 0.3 is 0 Å². The van der Waals surface area contributed by atoms with E-state index in [1.165, 1.54) is 12.8 Å². The fraction of sp³-hybridized carbons (Fsp3) is 1.00. The van der Waals surface area contributed by atoms with Gasteiger partial charge in [0, 0.05) is 12.5 Å². The molecule has 0 bridgehead atoms. The monoisotopic (exact) mass is 170 g/mol. The zero-order chi connectivity index (χ0) is 8.60. The molecule has 1 aliphatic heterocycles. The molecule has 2 nitrogen and oxygen atoms in total. The molecule has 2 heteroatoms. The molecule has 0 aromatic carbocycles. The van der Waals surface area contributed by atoms with Crippen molar-refractivity contribution in [3.05, 3.63) is 0 Å². The molecule has 2 aliphatic rings. The summed E-state index contributed by atoms with van der Waals surface area (Å²) in [5.41, 5.74) is -0.327. The van der Waals surface area contributed by atoms with Gasteiger partial charge in [-0.3, -0.25) is 0 Å². The summed E-state index contributed by atoms with van der Waals surface area (Å²) in [4.78, 5) is 0. The molecule has 2 fully saturated rings. The van der Waals surface area contributed by atoms with E-state index >= 15 is 0 Å². The van der Waals surface area contributed by atoms with Gasteiger partial charge in [0.25, 0.3) is 0 Å². The molecule has 1 heterocycles. The molecule has 0 aromatic rings. The zero-order valence-corrected chi connectivity index (χ0v) is 7.75. The van der Waals surface area contributed by atoms with Crippen LogP contribution in [0, 0.1) is 11.8 Å². The molecule has 0 spiro atoms. The highest BCUT2D eigenvalue weighted by atomic mass is 16.5. The lowest BCUT2D eigenvalue weighted by molar-refractivity contribution is 0.0541. The number of hydrogen-bond donors (Lipinski definition) is 1. The average molecular weight is 170 g/mol. The van der Waals surface area contributed by atoms with Crippen molar-refractivity contribution in [2.24, 2.45) is 11.8 Å². The number of rotatable bonds is 3. The first-order valence-corrected chi connectivity index (χ1v) is 5.07. The molecular weight excluding hydrogens is 152 g/mol. The topological polar surface area (TPSA) is 29.5 Å². The molecule has 0 aromatic heterocycles. The largest absolute Gasteiger partial charge is 0.389 e. The van der Waals surface area contributed by atoms with Gasteiger partial charge in [0.15, 0.2) is 0 Å². The fourth-order valence-corrected chi connectivity index (χ4v) is 2.47. The highest BCUT2D eigenvalue weighted by molar-refractivity contribution is 5.07. The van der Waals surface area contributed by atoms with E-state index in [-0.39, 0.29) is 5.60 Å². The van der Waals surface area contributed by atoms with E-state index < -0.39 is 0 Å². The van der Waals surface area contributed by atoms with Crippen LogP contribution in [0.3, 0.4) is 0 Å². The summed E-state index contributed by atoms with van der Waals surface area (Å²) in [6, 6.07) is 0. The summed E-state index contributed by atoms with van der Waals surface area (Å²) < 4.78 is 5.29. The van der Waals surface area contributed by atoms with E-state index in [4.69, 9.17) is 4.74 Å². The van der Waals surface area contributed by atoms with Crippen molar-refractivity contribution in [3.8, 4) is 0 Å². The Hall–Kier alpha value is -0.0800. The molecule has 1 saturated carbocycles. The Balaban J connectivity index is 1.87. The molecule has 2 rings (SSSR count). The maximum atomic E-state index is 10.1. The van der Waals surface area contributed by atoms with Crippen molar-refractivity contribution in [3.63, 3.8) is 0 Å².